The number of nitrogens with one attached hydrogen (secondary N) is 2. The summed E-state index contributed by atoms with van der Waals surface area (Å²) >= 11 is 0. The Hall–Kier alpha value is -2.04. The molecule has 22 heavy (non-hydrogen) atoms. The first-order chi connectivity index (χ1) is 10.6. The van der Waals surface area contributed by atoms with Crippen LogP contribution in [0.3, 0.4) is 0 Å². The molecule has 2 rings (SSSR count). The number of amides is 2. The summed E-state index contributed by atoms with van der Waals surface area (Å²) in [5.74, 6) is -0.207. The minimum absolute atomic E-state index is 0.0862. The summed E-state index contributed by atoms with van der Waals surface area (Å²) < 4.78 is 0. The van der Waals surface area contributed by atoms with Gasteiger partial charge in [0, 0.05) is 19.0 Å². The number of carboxylic acids is 1. The van der Waals surface area contributed by atoms with Gasteiger partial charge >= 0.3 is 12.0 Å². The Morgan fingerprint density at radius 3 is 2.68 bits per heavy atom. The summed E-state index contributed by atoms with van der Waals surface area (Å²) in [7, 11) is 0. The summed E-state index contributed by atoms with van der Waals surface area (Å²) in [5.41, 5.74) is 1.35. The molecule has 1 aliphatic rings. The van der Waals surface area contributed by atoms with Crippen LogP contribution in [0.25, 0.3) is 0 Å². The van der Waals surface area contributed by atoms with Crippen LogP contribution in [0.1, 0.15) is 37.7 Å². The quantitative estimate of drug-likeness (QED) is 0.677. The predicted molar refractivity (Wildman–Crippen MR) is 84.7 cm³/mol. The summed E-state index contributed by atoms with van der Waals surface area (Å²) in [6, 6.07) is 10.5. The van der Waals surface area contributed by atoms with E-state index in [2.05, 4.69) is 34.9 Å². The number of carbonyl (C=O) groups excluding carboxylic acids is 1. The van der Waals surface area contributed by atoms with Crippen LogP contribution >= 0.6 is 0 Å². The van der Waals surface area contributed by atoms with Crippen molar-refractivity contribution in [3.05, 3.63) is 35.9 Å². The third-order valence-electron chi connectivity index (χ3n) is 4.10. The number of carbonyl (C=O) groups is 2. The minimum atomic E-state index is -0.832. The molecule has 1 aromatic carbocycles. The summed E-state index contributed by atoms with van der Waals surface area (Å²) in [6.07, 6.45) is 4.78. The number of aliphatic carboxylic acids is 1. The number of hydrogen-bond acceptors (Lipinski definition) is 2. The molecule has 1 aliphatic carbocycles. The van der Waals surface area contributed by atoms with Crippen LogP contribution < -0.4 is 10.6 Å². The molecule has 5 heteroatoms. The van der Waals surface area contributed by atoms with Gasteiger partial charge in [-0.1, -0.05) is 30.3 Å². The second-order valence-corrected chi connectivity index (χ2v) is 5.96. The SMILES string of the molecule is O=C(O)CCCNC(=O)NC1CCC(Cc2ccccc2)C1. The molecule has 1 saturated carbocycles. The molecule has 2 atom stereocenters. The van der Waals surface area contributed by atoms with Crippen LogP contribution in [0.4, 0.5) is 4.79 Å². The van der Waals surface area contributed by atoms with E-state index in [9.17, 15) is 9.59 Å². The number of benzene rings is 1. The van der Waals surface area contributed by atoms with Crippen molar-refractivity contribution in [1.82, 2.24) is 10.6 Å². The van der Waals surface area contributed by atoms with Crippen molar-refractivity contribution < 1.29 is 14.7 Å². The van der Waals surface area contributed by atoms with Crippen molar-refractivity contribution >= 4 is 12.0 Å². The Morgan fingerprint density at radius 2 is 1.95 bits per heavy atom. The van der Waals surface area contributed by atoms with Gasteiger partial charge in [-0.05, 0) is 43.6 Å². The molecule has 2 amide bonds. The highest BCUT2D eigenvalue weighted by Gasteiger charge is 2.25. The molecule has 1 fully saturated rings. The Labute approximate surface area is 131 Å². The van der Waals surface area contributed by atoms with Gasteiger partial charge in [0.1, 0.15) is 0 Å². The van der Waals surface area contributed by atoms with Gasteiger partial charge in [0.15, 0.2) is 0 Å². The van der Waals surface area contributed by atoms with Crippen molar-refractivity contribution in [2.75, 3.05) is 6.54 Å². The molecule has 5 nitrogen and oxygen atoms in total. The maximum absolute atomic E-state index is 11.7. The van der Waals surface area contributed by atoms with Crippen LogP contribution in [-0.4, -0.2) is 29.7 Å². The largest absolute Gasteiger partial charge is 0.481 e. The number of rotatable bonds is 7. The van der Waals surface area contributed by atoms with Crippen LogP contribution in [0, 0.1) is 5.92 Å². The zero-order chi connectivity index (χ0) is 15.8. The molecule has 0 aromatic heterocycles. The fourth-order valence-corrected chi connectivity index (χ4v) is 3.02. The first-order valence-electron chi connectivity index (χ1n) is 7.93. The molecule has 0 radical (unpaired) electrons. The first kappa shape index (κ1) is 16.3. The molecular formula is C17H24N2O3. The zero-order valence-corrected chi connectivity index (χ0v) is 12.8. The van der Waals surface area contributed by atoms with E-state index in [1.165, 1.54) is 5.56 Å². The highest BCUT2D eigenvalue weighted by Crippen LogP contribution is 2.28. The van der Waals surface area contributed by atoms with E-state index >= 15 is 0 Å². The molecule has 0 aliphatic heterocycles. The fraction of sp³-hybridized carbons (Fsp3) is 0.529. The van der Waals surface area contributed by atoms with Crippen LogP contribution in [0.5, 0.6) is 0 Å². The van der Waals surface area contributed by atoms with E-state index in [0.717, 1.165) is 25.7 Å². The van der Waals surface area contributed by atoms with Gasteiger partial charge in [-0.3, -0.25) is 4.79 Å². The van der Waals surface area contributed by atoms with E-state index in [4.69, 9.17) is 5.11 Å². The molecule has 120 valence electrons. The molecule has 0 bridgehead atoms. The van der Waals surface area contributed by atoms with Crippen molar-refractivity contribution in [1.29, 1.82) is 0 Å². The van der Waals surface area contributed by atoms with Gasteiger partial charge in [-0.25, -0.2) is 4.79 Å². The van der Waals surface area contributed by atoms with Crippen LogP contribution in [-0.2, 0) is 11.2 Å². The third-order valence-corrected chi connectivity index (χ3v) is 4.10. The molecular weight excluding hydrogens is 280 g/mol. The van der Waals surface area contributed by atoms with E-state index in [0.29, 0.717) is 18.9 Å². The van der Waals surface area contributed by atoms with Crippen molar-refractivity contribution in [3.63, 3.8) is 0 Å². The van der Waals surface area contributed by atoms with Gasteiger partial charge in [0.25, 0.3) is 0 Å². The van der Waals surface area contributed by atoms with E-state index in [1.807, 2.05) is 6.07 Å². The third kappa shape index (κ3) is 5.76. The fourth-order valence-electron chi connectivity index (χ4n) is 3.02. The van der Waals surface area contributed by atoms with Crippen LogP contribution in [0.15, 0.2) is 30.3 Å². The second kappa shape index (κ2) is 8.41. The zero-order valence-electron chi connectivity index (χ0n) is 12.8. The van der Waals surface area contributed by atoms with E-state index in [-0.39, 0.29) is 18.5 Å². The molecule has 3 N–H and O–H groups in total. The summed E-state index contributed by atoms with van der Waals surface area (Å²) in [5, 5.41) is 14.2. The first-order valence-corrected chi connectivity index (χ1v) is 7.93. The van der Waals surface area contributed by atoms with Crippen molar-refractivity contribution in [2.24, 2.45) is 5.92 Å². The maximum Gasteiger partial charge on any atom is 0.315 e. The lowest BCUT2D eigenvalue weighted by Gasteiger charge is -2.14. The lowest BCUT2D eigenvalue weighted by Crippen LogP contribution is -2.41. The second-order valence-electron chi connectivity index (χ2n) is 5.96. The van der Waals surface area contributed by atoms with Gasteiger partial charge in [0.05, 0.1) is 0 Å². The average molecular weight is 304 g/mol. The van der Waals surface area contributed by atoms with Gasteiger partial charge in [-0.15, -0.1) is 0 Å². The monoisotopic (exact) mass is 304 g/mol. The Bertz CT molecular complexity index is 490. The highest BCUT2D eigenvalue weighted by molar-refractivity contribution is 5.74. The predicted octanol–water partition coefficient (Wildman–Crippen LogP) is 2.56. The molecule has 2 unspecified atom stereocenters. The minimum Gasteiger partial charge on any atom is -0.481 e. The topological polar surface area (TPSA) is 78.4 Å². The summed E-state index contributed by atoms with van der Waals surface area (Å²) in [4.78, 5) is 22.1. The number of hydrogen-bond donors (Lipinski definition) is 3. The molecule has 0 spiro atoms. The number of carboxylic acid groups (broad SMARTS) is 1. The Kier molecular flexibility index (Phi) is 6.25. The number of urea groups is 1. The average Bonchev–Trinajstić information content (AvgIpc) is 2.91. The van der Waals surface area contributed by atoms with E-state index < -0.39 is 5.97 Å². The lowest BCUT2D eigenvalue weighted by atomic mass is 9.98. The Morgan fingerprint density at radius 1 is 1.18 bits per heavy atom. The molecule has 0 heterocycles. The molecule has 0 saturated heterocycles. The van der Waals surface area contributed by atoms with E-state index in [1.54, 1.807) is 0 Å². The highest BCUT2D eigenvalue weighted by atomic mass is 16.4. The summed E-state index contributed by atoms with van der Waals surface area (Å²) in [6.45, 7) is 0.401. The van der Waals surface area contributed by atoms with Gasteiger partial charge in [0.2, 0.25) is 0 Å². The van der Waals surface area contributed by atoms with Gasteiger partial charge < -0.3 is 15.7 Å². The standard InChI is InChI=1S/C17H24N2O3/c20-16(21)7-4-10-18-17(22)19-15-9-8-14(12-15)11-13-5-2-1-3-6-13/h1-3,5-6,14-15H,4,7-12H2,(H,20,21)(H2,18,19,22). The van der Waals surface area contributed by atoms with Gasteiger partial charge in [-0.2, -0.15) is 0 Å². The van der Waals surface area contributed by atoms with Crippen molar-refractivity contribution in [2.45, 2.75) is 44.6 Å². The van der Waals surface area contributed by atoms with Crippen molar-refractivity contribution in [3.8, 4) is 0 Å². The smallest absolute Gasteiger partial charge is 0.315 e. The lowest BCUT2D eigenvalue weighted by molar-refractivity contribution is -0.137. The Balaban J connectivity index is 1.63. The van der Waals surface area contributed by atoms with Crippen LogP contribution in [0.2, 0.25) is 0 Å². The maximum atomic E-state index is 11.7. The molecule has 1 aromatic rings. The normalized spacial score (nSPS) is 20.5.